The maximum atomic E-state index is 12.8. The van der Waals surface area contributed by atoms with Crippen LogP contribution in [0.15, 0.2) is 24.3 Å². The number of carbonyl (C=O) groups excluding carboxylic acids is 2. The molecule has 1 atom stereocenters. The predicted molar refractivity (Wildman–Crippen MR) is 117 cm³/mol. The van der Waals surface area contributed by atoms with Crippen molar-refractivity contribution in [2.75, 3.05) is 19.6 Å². The lowest BCUT2D eigenvalue weighted by Gasteiger charge is -2.16. The van der Waals surface area contributed by atoms with Gasteiger partial charge in [0.2, 0.25) is 5.91 Å². The maximum absolute atomic E-state index is 12.8. The Kier molecular flexibility index (Phi) is 7.42. The number of amides is 2. The van der Waals surface area contributed by atoms with Gasteiger partial charge in [-0.05, 0) is 50.2 Å². The highest BCUT2D eigenvalue weighted by Gasteiger charge is 2.29. The van der Waals surface area contributed by atoms with Crippen LogP contribution >= 0.6 is 11.3 Å². The molecule has 0 saturated carbocycles. The molecule has 0 radical (unpaired) electrons. The summed E-state index contributed by atoms with van der Waals surface area (Å²) in [6, 6.07) is 8.35. The van der Waals surface area contributed by atoms with E-state index in [9.17, 15) is 9.59 Å². The Balaban J connectivity index is 1.49. The summed E-state index contributed by atoms with van der Waals surface area (Å²) in [6.45, 7) is 8.35. The number of rotatable bonds is 8. The van der Waals surface area contributed by atoms with Gasteiger partial charge in [-0.3, -0.25) is 9.59 Å². The first-order valence-corrected chi connectivity index (χ1v) is 11.4. The molecular weight excluding hydrogens is 382 g/mol. The average molecular weight is 414 g/mol. The van der Waals surface area contributed by atoms with Crippen LogP contribution in [0.2, 0.25) is 0 Å². The summed E-state index contributed by atoms with van der Waals surface area (Å²) in [4.78, 5) is 31.9. The molecule has 3 rings (SSSR count). The Labute approximate surface area is 177 Å². The van der Waals surface area contributed by atoms with Gasteiger partial charge in [0.05, 0.1) is 17.1 Å². The highest BCUT2D eigenvalue weighted by Crippen LogP contribution is 2.26. The van der Waals surface area contributed by atoms with Crippen LogP contribution in [0.5, 0.6) is 0 Å². The zero-order valence-corrected chi connectivity index (χ0v) is 18.5. The Morgan fingerprint density at radius 3 is 2.59 bits per heavy atom. The van der Waals surface area contributed by atoms with Crippen LogP contribution in [0.4, 0.5) is 0 Å². The van der Waals surface area contributed by atoms with E-state index >= 15 is 0 Å². The molecule has 0 spiro atoms. The van der Waals surface area contributed by atoms with Gasteiger partial charge in [0.25, 0.3) is 5.91 Å². The molecule has 2 aromatic rings. The number of benzene rings is 1. The topological polar surface area (TPSA) is 62.3 Å². The van der Waals surface area contributed by atoms with Crippen molar-refractivity contribution in [2.24, 2.45) is 5.92 Å². The van der Waals surface area contributed by atoms with Crippen molar-refractivity contribution < 1.29 is 9.59 Å². The van der Waals surface area contributed by atoms with Crippen LogP contribution in [0.1, 0.15) is 57.7 Å². The Morgan fingerprint density at radius 2 is 1.93 bits per heavy atom. The normalized spacial score (nSPS) is 16.2. The van der Waals surface area contributed by atoms with Crippen LogP contribution in [-0.4, -0.2) is 41.3 Å². The van der Waals surface area contributed by atoms with E-state index in [0.29, 0.717) is 12.3 Å². The molecule has 1 fully saturated rings. The largest absolute Gasteiger partial charge is 0.356 e. The third-order valence-electron chi connectivity index (χ3n) is 5.44. The summed E-state index contributed by atoms with van der Waals surface area (Å²) in [7, 11) is 0. The van der Waals surface area contributed by atoms with E-state index in [0.717, 1.165) is 66.5 Å². The van der Waals surface area contributed by atoms with E-state index in [1.807, 2.05) is 18.7 Å². The molecule has 1 aliphatic rings. The smallest absolute Gasteiger partial charge is 0.265 e. The van der Waals surface area contributed by atoms with Crippen LogP contribution < -0.4 is 5.32 Å². The fraction of sp³-hybridized carbons (Fsp3) is 0.522. The number of likely N-dealkylation sites (tertiary alicyclic amines) is 1. The van der Waals surface area contributed by atoms with E-state index in [-0.39, 0.29) is 11.8 Å². The van der Waals surface area contributed by atoms with Crippen molar-refractivity contribution in [3.8, 4) is 0 Å². The summed E-state index contributed by atoms with van der Waals surface area (Å²) in [6.07, 6.45) is 4.54. The molecular formula is C23H31N3O2S. The SMILES string of the molecule is CCCCNC(=O)Cc1ccc(CC2CCN(C(=O)c3sc(C)nc3C)C2)cc1. The van der Waals surface area contributed by atoms with Crippen LogP contribution in [-0.2, 0) is 17.6 Å². The number of aryl methyl sites for hydroxylation is 2. The van der Waals surface area contributed by atoms with Gasteiger partial charge in [-0.1, -0.05) is 37.6 Å². The van der Waals surface area contributed by atoms with Crippen molar-refractivity contribution in [3.63, 3.8) is 0 Å². The van der Waals surface area contributed by atoms with Crippen LogP contribution in [0, 0.1) is 19.8 Å². The van der Waals surface area contributed by atoms with Crippen molar-refractivity contribution in [1.29, 1.82) is 0 Å². The minimum atomic E-state index is 0.0877. The van der Waals surface area contributed by atoms with Crippen molar-refractivity contribution in [3.05, 3.63) is 51.0 Å². The number of thiazole rings is 1. The van der Waals surface area contributed by atoms with E-state index in [1.54, 1.807) is 0 Å². The molecule has 1 saturated heterocycles. The molecule has 1 N–H and O–H groups in total. The third kappa shape index (κ3) is 5.89. The lowest BCUT2D eigenvalue weighted by molar-refractivity contribution is -0.120. The first kappa shape index (κ1) is 21.5. The highest BCUT2D eigenvalue weighted by molar-refractivity contribution is 7.13. The van der Waals surface area contributed by atoms with Gasteiger partial charge < -0.3 is 10.2 Å². The Morgan fingerprint density at radius 1 is 1.21 bits per heavy atom. The minimum Gasteiger partial charge on any atom is -0.356 e. The van der Waals surface area contributed by atoms with Gasteiger partial charge in [0.1, 0.15) is 4.88 Å². The molecule has 1 aromatic carbocycles. The van der Waals surface area contributed by atoms with E-state index in [1.165, 1.54) is 16.9 Å². The number of nitrogens with zero attached hydrogens (tertiary/aromatic N) is 2. The molecule has 156 valence electrons. The number of aromatic nitrogens is 1. The average Bonchev–Trinajstić information content (AvgIpc) is 3.29. The number of nitrogens with one attached hydrogen (secondary N) is 1. The molecule has 1 aromatic heterocycles. The van der Waals surface area contributed by atoms with E-state index in [4.69, 9.17) is 0 Å². The number of hydrogen-bond donors (Lipinski definition) is 1. The van der Waals surface area contributed by atoms with Gasteiger partial charge in [0.15, 0.2) is 0 Å². The van der Waals surface area contributed by atoms with Crippen LogP contribution in [0.25, 0.3) is 0 Å². The van der Waals surface area contributed by atoms with Crippen LogP contribution in [0.3, 0.4) is 0 Å². The zero-order chi connectivity index (χ0) is 20.8. The first-order chi connectivity index (χ1) is 14.0. The minimum absolute atomic E-state index is 0.0877. The third-order valence-corrected chi connectivity index (χ3v) is 6.50. The number of carbonyl (C=O) groups is 2. The maximum Gasteiger partial charge on any atom is 0.265 e. The lowest BCUT2D eigenvalue weighted by Crippen LogP contribution is -2.28. The second-order valence-corrected chi connectivity index (χ2v) is 9.16. The molecule has 2 amide bonds. The summed E-state index contributed by atoms with van der Waals surface area (Å²) < 4.78 is 0. The molecule has 0 bridgehead atoms. The van der Waals surface area contributed by atoms with E-state index in [2.05, 4.69) is 41.5 Å². The zero-order valence-electron chi connectivity index (χ0n) is 17.7. The standard InChI is InChI=1S/C23H31N3O2S/c1-4-5-11-24-21(27)14-19-8-6-18(7-9-19)13-20-10-12-26(15-20)23(28)22-16(2)25-17(3)29-22/h6-9,20H,4-5,10-15H2,1-3H3,(H,24,27). The summed E-state index contributed by atoms with van der Waals surface area (Å²) in [5.41, 5.74) is 3.15. The molecule has 1 aliphatic heterocycles. The molecule has 6 heteroatoms. The molecule has 2 heterocycles. The second kappa shape index (κ2) is 10.0. The molecule has 1 unspecified atom stereocenters. The fourth-order valence-corrected chi connectivity index (χ4v) is 4.72. The molecule has 0 aliphatic carbocycles. The summed E-state index contributed by atoms with van der Waals surface area (Å²) in [5.74, 6) is 0.696. The summed E-state index contributed by atoms with van der Waals surface area (Å²) in [5, 5.41) is 3.90. The summed E-state index contributed by atoms with van der Waals surface area (Å²) >= 11 is 1.49. The predicted octanol–water partition coefficient (Wildman–Crippen LogP) is 3.92. The van der Waals surface area contributed by atoms with Gasteiger partial charge in [-0.2, -0.15) is 0 Å². The lowest BCUT2D eigenvalue weighted by atomic mass is 9.97. The molecule has 29 heavy (non-hydrogen) atoms. The Bertz CT molecular complexity index is 844. The highest BCUT2D eigenvalue weighted by atomic mass is 32.1. The fourth-order valence-electron chi connectivity index (χ4n) is 3.84. The van der Waals surface area contributed by atoms with Gasteiger partial charge >= 0.3 is 0 Å². The van der Waals surface area contributed by atoms with Crippen molar-refractivity contribution in [2.45, 2.75) is 52.9 Å². The van der Waals surface area contributed by atoms with Crippen molar-refractivity contribution in [1.82, 2.24) is 15.2 Å². The van der Waals surface area contributed by atoms with Crippen molar-refractivity contribution >= 4 is 23.2 Å². The number of unbranched alkanes of at least 4 members (excludes halogenated alkanes) is 1. The Hall–Kier alpha value is -2.21. The van der Waals surface area contributed by atoms with E-state index < -0.39 is 0 Å². The van der Waals surface area contributed by atoms with Gasteiger partial charge in [-0.15, -0.1) is 11.3 Å². The number of hydrogen-bond acceptors (Lipinski definition) is 4. The molecule has 5 nitrogen and oxygen atoms in total. The monoisotopic (exact) mass is 413 g/mol. The first-order valence-electron chi connectivity index (χ1n) is 10.5. The quantitative estimate of drug-likeness (QED) is 0.667. The van der Waals surface area contributed by atoms with Gasteiger partial charge in [0, 0.05) is 19.6 Å². The van der Waals surface area contributed by atoms with Gasteiger partial charge in [-0.25, -0.2) is 4.98 Å². The second-order valence-electron chi connectivity index (χ2n) is 7.95.